The predicted molar refractivity (Wildman–Crippen MR) is 127 cm³/mol. The second-order valence-corrected chi connectivity index (χ2v) is 9.62. The number of aryl methyl sites for hydroxylation is 1. The molecule has 0 N–H and O–H groups in total. The Bertz CT molecular complexity index is 1130. The van der Waals surface area contributed by atoms with E-state index in [1.807, 2.05) is 32.9 Å². The predicted octanol–water partition coefficient (Wildman–Crippen LogP) is 4.42. The highest BCUT2D eigenvalue weighted by molar-refractivity contribution is 6.07. The monoisotopic (exact) mass is 456 g/mol. The normalized spacial score (nSPS) is 15.5. The van der Waals surface area contributed by atoms with E-state index in [2.05, 4.69) is 20.5 Å². The summed E-state index contributed by atoms with van der Waals surface area (Å²) in [5.74, 6) is -0.467. The van der Waals surface area contributed by atoms with Gasteiger partial charge in [0, 0.05) is 62.2 Å². The summed E-state index contributed by atoms with van der Waals surface area (Å²) in [7, 11) is 1.68. The number of aromatic nitrogens is 2. The topological polar surface area (TPSA) is 59.8 Å². The van der Waals surface area contributed by atoms with Crippen molar-refractivity contribution in [3.8, 4) is 0 Å². The number of ether oxygens (including phenoxy) is 2. The van der Waals surface area contributed by atoms with E-state index in [0.29, 0.717) is 19.7 Å². The molecule has 4 rings (SSSR count). The van der Waals surface area contributed by atoms with Crippen molar-refractivity contribution in [2.24, 2.45) is 0 Å². The van der Waals surface area contributed by atoms with Crippen LogP contribution in [0.1, 0.15) is 32.8 Å². The molecule has 0 aliphatic carbocycles. The number of fused-ring (bicyclic) bond motifs is 3. The van der Waals surface area contributed by atoms with E-state index in [9.17, 15) is 9.18 Å². The molecule has 0 spiro atoms. The Morgan fingerprint density at radius 1 is 1.06 bits per heavy atom. The van der Waals surface area contributed by atoms with Crippen molar-refractivity contribution >= 4 is 27.9 Å². The second-order valence-electron chi connectivity index (χ2n) is 9.62. The fourth-order valence-corrected chi connectivity index (χ4v) is 4.44. The molecule has 0 bridgehead atoms. The van der Waals surface area contributed by atoms with Crippen LogP contribution in [-0.4, -0.2) is 70.9 Å². The second kappa shape index (κ2) is 9.65. The van der Waals surface area contributed by atoms with Crippen molar-refractivity contribution in [2.45, 2.75) is 45.9 Å². The number of hydrogen-bond donors (Lipinski definition) is 0. The molecule has 1 aromatic carbocycles. The van der Waals surface area contributed by atoms with E-state index >= 15 is 0 Å². The van der Waals surface area contributed by atoms with E-state index in [1.165, 1.54) is 6.07 Å². The van der Waals surface area contributed by atoms with Crippen LogP contribution in [0.2, 0.25) is 0 Å². The summed E-state index contributed by atoms with van der Waals surface area (Å²) >= 11 is 0. The summed E-state index contributed by atoms with van der Waals surface area (Å²) in [5, 5.41) is 1.91. The third-order valence-electron chi connectivity index (χ3n) is 5.97. The van der Waals surface area contributed by atoms with Gasteiger partial charge in [0.25, 0.3) is 0 Å². The number of halogens is 1. The number of carbonyl (C=O) groups is 1. The van der Waals surface area contributed by atoms with Crippen LogP contribution in [0.5, 0.6) is 0 Å². The molecule has 1 saturated heterocycles. The van der Waals surface area contributed by atoms with Gasteiger partial charge in [0.1, 0.15) is 5.60 Å². The number of nitrogens with zero attached hydrogens (tertiary/aromatic N) is 4. The molecule has 3 heterocycles. The highest BCUT2D eigenvalue weighted by Crippen LogP contribution is 2.30. The highest BCUT2D eigenvalue weighted by atomic mass is 19.1. The number of hydrogen-bond acceptors (Lipinski definition) is 5. The van der Waals surface area contributed by atoms with E-state index in [0.717, 1.165) is 60.0 Å². The lowest BCUT2D eigenvalue weighted by Gasteiger charge is -2.35. The van der Waals surface area contributed by atoms with Gasteiger partial charge >= 0.3 is 6.09 Å². The molecule has 178 valence electrons. The molecule has 1 aliphatic heterocycles. The van der Waals surface area contributed by atoms with Crippen LogP contribution < -0.4 is 0 Å². The molecule has 0 atom stereocenters. The van der Waals surface area contributed by atoms with Crippen molar-refractivity contribution in [1.82, 2.24) is 19.4 Å². The average molecular weight is 457 g/mol. The minimum atomic E-state index is -0.475. The SMILES string of the molecule is COCc1ccc2c3cc(F)ncc3n(CCCN3CCN(C(=O)OC(C)(C)C)CC3)c2c1. The van der Waals surface area contributed by atoms with Gasteiger partial charge in [-0.25, -0.2) is 9.78 Å². The molecule has 0 unspecified atom stereocenters. The number of carbonyl (C=O) groups excluding carboxylic acids is 1. The number of methoxy groups -OCH3 is 1. The minimum Gasteiger partial charge on any atom is -0.444 e. The van der Waals surface area contributed by atoms with Gasteiger partial charge in [0.2, 0.25) is 5.95 Å². The number of benzene rings is 1. The summed E-state index contributed by atoms with van der Waals surface area (Å²) < 4.78 is 26.9. The Balaban J connectivity index is 1.42. The number of amides is 1. The van der Waals surface area contributed by atoms with Crippen LogP contribution in [0.4, 0.5) is 9.18 Å². The van der Waals surface area contributed by atoms with Gasteiger partial charge in [-0.3, -0.25) is 4.90 Å². The van der Waals surface area contributed by atoms with E-state index in [4.69, 9.17) is 9.47 Å². The van der Waals surface area contributed by atoms with Gasteiger partial charge in [-0.05, 0) is 45.4 Å². The van der Waals surface area contributed by atoms with E-state index in [1.54, 1.807) is 18.2 Å². The zero-order chi connectivity index (χ0) is 23.6. The summed E-state index contributed by atoms with van der Waals surface area (Å²) in [6.45, 7) is 10.9. The zero-order valence-electron chi connectivity index (χ0n) is 19.9. The fourth-order valence-electron chi connectivity index (χ4n) is 4.44. The summed E-state index contributed by atoms with van der Waals surface area (Å²) in [5.41, 5.74) is 2.62. The van der Waals surface area contributed by atoms with Crippen molar-refractivity contribution in [2.75, 3.05) is 39.8 Å². The lowest BCUT2D eigenvalue weighted by atomic mass is 10.1. The third-order valence-corrected chi connectivity index (χ3v) is 5.97. The molecule has 1 fully saturated rings. The highest BCUT2D eigenvalue weighted by Gasteiger charge is 2.25. The molecule has 2 aromatic heterocycles. The summed E-state index contributed by atoms with van der Waals surface area (Å²) in [4.78, 5) is 20.3. The first kappa shape index (κ1) is 23.4. The van der Waals surface area contributed by atoms with Gasteiger partial charge < -0.3 is 18.9 Å². The molecule has 0 saturated carbocycles. The van der Waals surface area contributed by atoms with Gasteiger partial charge in [-0.1, -0.05) is 12.1 Å². The maximum atomic E-state index is 13.9. The summed E-state index contributed by atoms with van der Waals surface area (Å²) in [6, 6.07) is 7.70. The Morgan fingerprint density at radius 2 is 1.82 bits per heavy atom. The largest absolute Gasteiger partial charge is 0.444 e. The zero-order valence-corrected chi connectivity index (χ0v) is 19.9. The van der Waals surface area contributed by atoms with Crippen LogP contribution >= 0.6 is 0 Å². The van der Waals surface area contributed by atoms with Crippen LogP contribution in [0.3, 0.4) is 0 Å². The maximum Gasteiger partial charge on any atom is 0.410 e. The van der Waals surface area contributed by atoms with Crippen molar-refractivity contribution in [3.63, 3.8) is 0 Å². The Labute approximate surface area is 194 Å². The fraction of sp³-hybridized carbons (Fsp3) is 0.520. The van der Waals surface area contributed by atoms with Gasteiger partial charge in [-0.15, -0.1) is 0 Å². The number of pyridine rings is 1. The molecule has 3 aromatic rings. The van der Waals surface area contributed by atoms with Crippen molar-refractivity contribution < 1.29 is 18.7 Å². The first-order valence-corrected chi connectivity index (χ1v) is 11.5. The minimum absolute atomic E-state index is 0.237. The first-order chi connectivity index (χ1) is 15.7. The van der Waals surface area contributed by atoms with Crippen LogP contribution in [0.25, 0.3) is 21.8 Å². The smallest absolute Gasteiger partial charge is 0.410 e. The molecular weight excluding hydrogens is 423 g/mol. The maximum absolute atomic E-state index is 13.9. The van der Waals surface area contributed by atoms with Gasteiger partial charge in [0.05, 0.1) is 18.3 Å². The van der Waals surface area contributed by atoms with Crippen molar-refractivity contribution in [1.29, 1.82) is 0 Å². The quantitative estimate of drug-likeness (QED) is 0.514. The van der Waals surface area contributed by atoms with E-state index < -0.39 is 11.5 Å². The number of piperazine rings is 1. The lowest BCUT2D eigenvalue weighted by molar-refractivity contribution is 0.0144. The Hall–Kier alpha value is -2.71. The van der Waals surface area contributed by atoms with Crippen molar-refractivity contribution in [3.05, 3.63) is 42.0 Å². The summed E-state index contributed by atoms with van der Waals surface area (Å²) in [6.07, 6.45) is 2.33. The molecule has 8 heteroatoms. The third kappa shape index (κ3) is 5.45. The Morgan fingerprint density at radius 3 is 2.52 bits per heavy atom. The first-order valence-electron chi connectivity index (χ1n) is 11.5. The molecular formula is C25H33FN4O3. The number of rotatable bonds is 6. The Kier molecular flexibility index (Phi) is 6.86. The van der Waals surface area contributed by atoms with Crippen LogP contribution in [-0.2, 0) is 22.6 Å². The average Bonchev–Trinajstić information content (AvgIpc) is 3.05. The molecule has 1 amide bonds. The van der Waals surface area contributed by atoms with Crippen LogP contribution in [0, 0.1) is 5.95 Å². The van der Waals surface area contributed by atoms with Gasteiger partial charge in [-0.2, -0.15) is 4.39 Å². The van der Waals surface area contributed by atoms with Gasteiger partial charge in [0.15, 0.2) is 0 Å². The van der Waals surface area contributed by atoms with Crippen LogP contribution in [0.15, 0.2) is 30.5 Å². The molecule has 1 aliphatic rings. The standard InChI is InChI=1S/C25H33FN4O3/c1-25(2,3)33-24(31)29-12-10-28(11-13-29)8-5-9-30-21-14-18(17-32-4)6-7-19(21)20-15-23(26)27-16-22(20)30/h6-7,14-16H,5,8-13,17H2,1-4H3. The van der Waals surface area contributed by atoms with E-state index in [-0.39, 0.29) is 6.09 Å². The molecule has 7 nitrogen and oxygen atoms in total. The molecule has 0 radical (unpaired) electrons. The molecule has 33 heavy (non-hydrogen) atoms. The lowest BCUT2D eigenvalue weighted by Crippen LogP contribution is -2.50.